The zero-order chi connectivity index (χ0) is 17.6. The SMILES string of the molecule is Cc1cc(/C=C2/NC(=O)NC2=O)c(C)n1-c1ccc2ccccc2c1. The van der Waals surface area contributed by atoms with Crippen LogP contribution in [0.25, 0.3) is 22.5 Å². The molecule has 0 atom stereocenters. The lowest BCUT2D eigenvalue weighted by Gasteiger charge is -2.11. The van der Waals surface area contributed by atoms with Crippen LogP contribution in [0.5, 0.6) is 0 Å². The van der Waals surface area contributed by atoms with Crippen molar-refractivity contribution in [1.29, 1.82) is 0 Å². The highest BCUT2D eigenvalue weighted by atomic mass is 16.2. The number of nitrogens with one attached hydrogen (secondary N) is 2. The zero-order valence-corrected chi connectivity index (χ0v) is 14.0. The Hall–Kier alpha value is -3.34. The van der Waals surface area contributed by atoms with Crippen LogP contribution in [0.1, 0.15) is 17.0 Å². The molecule has 4 rings (SSSR count). The summed E-state index contributed by atoms with van der Waals surface area (Å²) in [6.45, 7) is 4.03. The summed E-state index contributed by atoms with van der Waals surface area (Å²) >= 11 is 0. The third-order valence-electron chi connectivity index (χ3n) is 4.48. The molecule has 1 fully saturated rings. The van der Waals surface area contributed by atoms with Crippen LogP contribution in [0.15, 0.2) is 54.2 Å². The van der Waals surface area contributed by atoms with Gasteiger partial charge in [-0.05, 0) is 54.5 Å². The Kier molecular flexibility index (Phi) is 3.42. The second-order valence-corrected chi connectivity index (χ2v) is 6.16. The van der Waals surface area contributed by atoms with Crippen molar-refractivity contribution in [3.05, 3.63) is 71.2 Å². The number of carbonyl (C=O) groups excluding carboxylic acids is 2. The molecule has 5 nitrogen and oxygen atoms in total. The van der Waals surface area contributed by atoms with Gasteiger partial charge < -0.3 is 9.88 Å². The number of imide groups is 1. The lowest BCUT2D eigenvalue weighted by molar-refractivity contribution is -0.115. The Morgan fingerprint density at radius 2 is 1.68 bits per heavy atom. The first-order chi connectivity index (χ1) is 12.0. The number of urea groups is 1. The van der Waals surface area contributed by atoms with Gasteiger partial charge in [-0.3, -0.25) is 10.1 Å². The Morgan fingerprint density at radius 1 is 0.920 bits per heavy atom. The van der Waals surface area contributed by atoms with Crippen molar-refractivity contribution in [2.45, 2.75) is 13.8 Å². The lowest BCUT2D eigenvalue weighted by Crippen LogP contribution is -2.22. The fourth-order valence-corrected chi connectivity index (χ4v) is 3.28. The van der Waals surface area contributed by atoms with E-state index < -0.39 is 11.9 Å². The number of rotatable bonds is 2. The van der Waals surface area contributed by atoms with Crippen LogP contribution < -0.4 is 10.6 Å². The fraction of sp³-hybridized carbons (Fsp3) is 0.100. The van der Waals surface area contributed by atoms with Crippen LogP contribution in [0.2, 0.25) is 0 Å². The number of amides is 3. The Labute approximate surface area is 145 Å². The summed E-state index contributed by atoms with van der Waals surface area (Å²) in [5.74, 6) is -0.402. The molecule has 1 saturated heterocycles. The Morgan fingerprint density at radius 3 is 2.40 bits per heavy atom. The maximum Gasteiger partial charge on any atom is 0.326 e. The topological polar surface area (TPSA) is 63.1 Å². The van der Waals surface area contributed by atoms with Gasteiger partial charge in [0.05, 0.1) is 0 Å². The molecule has 0 saturated carbocycles. The molecular formula is C20H17N3O2. The minimum absolute atomic E-state index is 0.267. The molecule has 0 unspecified atom stereocenters. The monoisotopic (exact) mass is 331 g/mol. The predicted octanol–water partition coefficient (Wildman–Crippen LogP) is 3.43. The molecule has 2 N–H and O–H groups in total. The van der Waals surface area contributed by atoms with Crippen LogP contribution in [0, 0.1) is 13.8 Å². The summed E-state index contributed by atoms with van der Waals surface area (Å²) in [6.07, 6.45) is 1.71. The van der Waals surface area contributed by atoms with Crippen LogP contribution in [-0.2, 0) is 4.79 Å². The fourth-order valence-electron chi connectivity index (χ4n) is 3.28. The summed E-state index contributed by atoms with van der Waals surface area (Å²) in [5.41, 5.74) is 4.30. The summed E-state index contributed by atoms with van der Waals surface area (Å²) in [4.78, 5) is 23.0. The Balaban J connectivity index is 1.80. The molecule has 0 aliphatic carbocycles. The standard InChI is InChI=1S/C20H17N3O2/c1-12-9-16(11-18-19(24)22-20(25)21-18)13(2)23(12)17-8-7-14-5-3-4-6-15(14)10-17/h3-11H,1-2H3,(H2,21,22,24,25)/b18-11+. The van der Waals surface area contributed by atoms with Crippen LogP contribution in [0.4, 0.5) is 4.79 Å². The number of nitrogens with zero attached hydrogens (tertiary/aromatic N) is 1. The van der Waals surface area contributed by atoms with Crippen LogP contribution in [-0.4, -0.2) is 16.5 Å². The van der Waals surface area contributed by atoms with Gasteiger partial charge in [-0.1, -0.05) is 30.3 Å². The van der Waals surface area contributed by atoms with Gasteiger partial charge in [0.1, 0.15) is 5.70 Å². The highest BCUT2D eigenvalue weighted by molar-refractivity contribution is 6.14. The number of aromatic nitrogens is 1. The van der Waals surface area contributed by atoms with Crippen molar-refractivity contribution in [3.8, 4) is 5.69 Å². The van der Waals surface area contributed by atoms with Crippen molar-refractivity contribution in [3.63, 3.8) is 0 Å². The first kappa shape index (κ1) is 15.2. The highest BCUT2D eigenvalue weighted by Gasteiger charge is 2.23. The maximum atomic E-state index is 11.7. The predicted molar refractivity (Wildman–Crippen MR) is 97.4 cm³/mol. The van der Waals surface area contributed by atoms with Crippen molar-refractivity contribution < 1.29 is 9.59 Å². The maximum absolute atomic E-state index is 11.7. The first-order valence-corrected chi connectivity index (χ1v) is 8.05. The number of hydrogen-bond acceptors (Lipinski definition) is 2. The van der Waals surface area contributed by atoms with Gasteiger partial charge in [0.2, 0.25) is 0 Å². The van der Waals surface area contributed by atoms with E-state index in [1.807, 2.05) is 32.0 Å². The van der Waals surface area contributed by atoms with Gasteiger partial charge in [-0.15, -0.1) is 0 Å². The lowest BCUT2D eigenvalue weighted by atomic mass is 10.1. The van der Waals surface area contributed by atoms with Gasteiger partial charge in [0.25, 0.3) is 5.91 Å². The molecule has 1 aromatic heterocycles. The van der Waals surface area contributed by atoms with Crippen molar-refractivity contribution >= 4 is 28.8 Å². The number of fused-ring (bicyclic) bond motifs is 1. The number of carbonyl (C=O) groups is 2. The summed E-state index contributed by atoms with van der Waals surface area (Å²) in [7, 11) is 0. The van der Waals surface area contributed by atoms with Crippen molar-refractivity contribution in [2.75, 3.05) is 0 Å². The van der Waals surface area contributed by atoms with E-state index >= 15 is 0 Å². The second kappa shape index (κ2) is 5.63. The molecule has 124 valence electrons. The quantitative estimate of drug-likeness (QED) is 0.558. The molecule has 3 aromatic rings. The number of hydrogen-bond donors (Lipinski definition) is 2. The van der Waals surface area contributed by atoms with E-state index in [0.717, 1.165) is 22.6 Å². The molecule has 0 radical (unpaired) electrons. The van der Waals surface area contributed by atoms with E-state index in [4.69, 9.17) is 0 Å². The van der Waals surface area contributed by atoms with Crippen molar-refractivity contribution in [1.82, 2.24) is 15.2 Å². The van der Waals surface area contributed by atoms with E-state index in [2.05, 4.69) is 45.5 Å². The molecule has 3 amide bonds. The number of aryl methyl sites for hydroxylation is 1. The normalized spacial score (nSPS) is 15.7. The van der Waals surface area contributed by atoms with Gasteiger partial charge >= 0.3 is 6.03 Å². The third-order valence-corrected chi connectivity index (χ3v) is 4.48. The minimum atomic E-state index is -0.486. The average molecular weight is 331 g/mol. The number of benzene rings is 2. The molecular weight excluding hydrogens is 314 g/mol. The van der Waals surface area contributed by atoms with Crippen molar-refractivity contribution in [2.24, 2.45) is 0 Å². The van der Waals surface area contributed by atoms with E-state index in [1.165, 1.54) is 10.8 Å². The summed E-state index contributed by atoms with van der Waals surface area (Å²) in [6, 6.07) is 16.1. The summed E-state index contributed by atoms with van der Waals surface area (Å²) in [5, 5.41) is 7.11. The Bertz CT molecular complexity index is 1060. The van der Waals surface area contributed by atoms with E-state index in [9.17, 15) is 9.59 Å². The minimum Gasteiger partial charge on any atom is -0.318 e. The van der Waals surface area contributed by atoms with Crippen LogP contribution >= 0.6 is 0 Å². The second-order valence-electron chi connectivity index (χ2n) is 6.16. The molecule has 1 aliphatic rings. The van der Waals surface area contributed by atoms with Gasteiger partial charge in [-0.25, -0.2) is 4.79 Å². The van der Waals surface area contributed by atoms with E-state index in [0.29, 0.717) is 0 Å². The summed E-state index contributed by atoms with van der Waals surface area (Å²) < 4.78 is 2.15. The van der Waals surface area contributed by atoms with E-state index in [1.54, 1.807) is 6.08 Å². The average Bonchev–Trinajstić information content (AvgIpc) is 3.05. The molecule has 2 aromatic carbocycles. The largest absolute Gasteiger partial charge is 0.326 e. The molecule has 5 heteroatoms. The molecule has 0 bridgehead atoms. The van der Waals surface area contributed by atoms with Crippen LogP contribution in [0.3, 0.4) is 0 Å². The molecule has 25 heavy (non-hydrogen) atoms. The van der Waals surface area contributed by atoms with E-state index in [-0.39, 0.29) is 5.70 Å². The third kappa shape index (κ3) is 2.59. The smallest absolute Gasteiger partial charge is 0.318 e. The highest BCUT2D eigenvalue weighted by Crippen LogP contribution is 2.25. The van der Waals surface area contributed by atoms with Gasteiger partial charge in [-0.2, -0.15) is 0 Å². The molecule has 1 aliphatic heterocycles. The zero-order valence-electron chi connectivity index (χ0n) is 14.0. The molecule has 0 spiro atoms. The molecule has 2 heterocycles. The first-order valence-electron chi connectivity index (χ1n) is 8.05. The van der Waals surface area contributed by atoms with Gasteiger partial charge in [0.15, 0.2) is 0 Å². The van der Waals surface area contributed by atoms with Gasteiger partial charge in [0, 0.05) is 17.1 Å².